The van der Waals surface area contributed by atoms with E-state index in [-0.39, 0.29) is 11.9 Å². The van der Waals surface area contributed by atoms with Gasteiger partial charge in [-0.2, -0.15) is 11.8 Å². The monoisotopic (exact) mass is 322 g/mol. The summed E-state index contributed by atoms with van der Waals surface area (Å²) in [5, 5.41) is 0.331. The molecule has 6 heteroatoms. The molecular formula is C15H15ClN2O2S. The molecule has 3 heterocycles. The molecule has 4 nitrogen and oxygen atoms in total. The van der Waals surface area contributed by atoms with E-state index in [0.717, 1.165) is 23.0 Å². The third-order valence-electron chi connectivity index (χ3n) is 3.45. The lowest BCUT2D eigenvalue weighted by Crippen LogP contribution is -2.40. The van der Waals surface area contributed by atoms with E-state index in [1.165, 1.54) is 0 Å². The SMILES string of the molecule is Cc1ccc(C2CSCCN2C(=O)c2ccnc(Cl)c2)o1. The highest BCUT2D eigenvalue weighted by Gasteiger charge is 2.31. The van der Waals surface area contributed by atoms with Crippen molar-refractivity contribution in [1.82, 2.24) is 9.88 Å². The molecule has 1 saturated heterocycles. The zero-order chi connectivity index (χ0) is 14.8. The van der Waals surface area contributed by atoms with Crippen molar-refractivity contribution in [3.8, 4) is 0 Å². The second-order valence-electron chi connectivity index (χ2n) is 4.90. The Morgan fingerprint density at radius 3 is 3.05 bits per heavy atom. The second-order valence-corrected chi connectivity index (χ2v) is 6.44. The van der Waals surface area contributed by atoms with Gasteiger partial charge in [-0.1, -0.05) is 11.6 Å². The van der Waals surface area contributed by atoms with E-state index < -0.39 is 0 Å². The molecule has 0 aliphatic carbocycles. The van der Waals surface area contributed by atoms with Gasteiger partial charge in [-0.3, -0.25) is 4.79 Å². The summed E-state index contributed by atoms with van der Waals surface area (Å²) < 4.78 is 5.72. The number of carbonyl (C=O) groups excluding carboxylic acids is 1. The highest BCUT2D eigenvalue weighted by atomic mass is 35.5. The first kappa shape index (κ1) is 14.5. The van der Waals surface area contributed by atoms with Crippen LogP contribution in [-0.2, 0) is 0 Å². The fraction of sp³-hybridized carbons (Fsp3) is 0.333. The Morgan fingerprint density at radius 1 is 1.48 bits per heavy atom. The molecule has 1 atom stereocenters. The number of hydrogen-bond donors (Lipinski definition) is 0. The fourth-order valence-corrected chi connectivity index (χ4v) is 3.65. The van der Waals surface area contributed by atoms with Crippen LogP contribution in [0, 0.1) is 6.92 Å². The van der Waals surface area contributed by atoms with Crippen molar-refractivity contribution in [2.24, 2.45) is 0 Å². The topological polar surface area (TPSA) is 46.3 Å². The van der Waals surface area contributed by atoms with Crippen LogP contribution >= 0.6 is 23.4 Å². The number of amides is 1. The molecule has 1 aliphatic rings. The van der Waals surface area contributed by atoms with E-state index >= 15 is 0 Å². The van der Waals surface area contributed by atoms with E-state index in [2.05, 4.69) is 4.98 Å². The van der Waals surface area contributed by atoms with Crippen LogP contribution in [0.1, 0.15) is 27.9 Å². The molecule has 2 aromatic rings. The van der Waals surface area contributed by atoms with Crippen LogP contribution in [-0.4, -0.2) is 33.8 Å². The van der Waals surface area contributed by atoms with Crippen molar-refractivity contribution in [2.45, 2.75) is 13.0 Å². The molecule has 1 unspecified atom stereocenters. The van der Waals surface area contributed by atoms with Crippen LogP contribution in [0.4, 0.5) is 0 Å². The number of rotatable bonds is 2. The highest BCUT2D eigenvalue weighted by Crippen LogP contribution is 2.32. The van der Waals surface area contributed by atoms with E-state index in [4.69, 9.17) is 16.0 Å². The molecule has 1 fully saturated rings. The van der Waals surface area contributed by atoms with Gasteiger partial charge in [-0.25, -0.2) is 4.98 Å². The fourth-order valence-electron chi connectivity index (χ4n) is 2.42. The Kier molecular flexibility index (Phi) is 4.22. The predicted molar refractivity (Wildman–Crippen MR) is 83.8 cm³/mol. The molecular weight excluding hydrogens is 308 g/mol. The van der Waals surface area contributed by atoms with E-state index in [0.29, 0.717) is 17.3 Å². The summed E-state index contributed by atoms with van der Waals surface area (Å²) in [6, 6.07) is 7.15. The Bertz CT molecular complexity index is 659. The van der Waals surface area contributed by atoms with Crippen LogP contribution in [0.25, 0.3) is 0 Å². The Balaban J connectivity index is 1.89. The van der Waals surface area contributed by atoms with Gasteiger partial charge in [0.1, 0.15) is 16.7 Å². The summed E-state index contributed by atoms with van der Waals surface area (Å²) in [4.78, 5) is 18.5. The van der Waals surface area contributed by atoms with Gasteiger partial charge in [0.15, 0.2) is 0 Å². The van der Waals surface area contributed by atoms with Crippen molar-refractivity contribution < 1.29 is 9.21 Å². The molecule has 2 aromatic heterocycles. The zero-order valence-electron chi connectivity index (χ0n) is 11.6. The summed E-state index contributed by atoms with van der Waals surface area (Å²) in [5.74, 6) is 3.45. The molecule has 0 aromatic carbocycles. The number of furan rings is 1. The minimum absolute atomic E-state index is 0.0290. The van der Waals surface area contributed by atoms with Crippen LogP contribution in [0.2, 0.25) is 5.15 Å². The molecule has 0 bridgehead atoms. The van der Waals surface area contributed by atoms with Gasteiger partial charge in [0.25, 0.3) is 5.91 Å². The standard InChI is InChI=1S/C15H15ClN2O2S/c1-10-2-3-13(20-10)12-9-21-7-6-18(12)15(19)11-4-5-17-14(16)8-11/h2-5,8,12H,6-7,9H2,1H3. The maximum absolute atomic E-state index is 12.7. The lowest BCUT2D eigenvalue weighted by atomic mass is 10.1. The van der Waals surface area contributed by atoms with E-state index in [9.17, 15) is 4.79 Å². The summed E-state index contributed by atoms with van der Waals surface area (Å²) in [7, 11) is 0. The number of aromatic nitrogens is 1. The highest BCUT2D eigenvalue weighted by molar-refractivity contribution is 7.99. The Hall–Kier alpha value is -1.46. The Labute approximate surface area is 132 Å². The Morgan fingerprint density at radius 2 is 2.33 bits per heavy atom. The third kappa shape index (κ3) is 3.09. The summed E-state index contributed by atoms with van der Waals surface area (Å²) in [6.45, 7) is 2.61. The van der Waals surface area contributed by atoms with E-state index in [1.54, 1.807) is 18.3 Å². The minimum atomic E-state index is -0.0307. The molecule has 1 amide bonds. The molecule has 0 saturated carbocycles. The van der Waals surface area contributed by atoms with Gasteiger partial charge < -0.3 is 9.32 Å². The first-order chi connectivity index (χ1) is 10.1. The molecule has 21 heavy (non-hydrogen) atoms. The molecule has 1 aliphatic heterocycles. The molecule has 0 radical (unpaired) electrons. The maximum Gasteiger partial charge on any atom is 0.254 e. The number of pyridine rings is 1. The molecule has 0 spiro atoms. The molecule has 0 N–H and O–H groups in total. The first-order valence-electron chi connectivity index (χ1n) is 6.72. The zero-order valence-corrected chi connectivity index (χ0v) is 13.2. The van der Waals surface area contributed by atoms with Crippen LogP contribution in [0.5, 0.6) is 0 Å². The van der Waals surface area contributed by atoms with E-state index in [1.807, 2.05) is 35.7 Å². The number of nitrogens with zero attached hydrogens (tertiary/aromatic N) is 2. The maximum atomic E-state index is 12.7. The normalized spacial score (nSPS) is 18.8. The van der Waals surface area contributed by atoms with Crippen LogP contribution in [0.3, 0.4) is 0 Å². The van der Waals surface area contributed by atoms with Gasteiger partial charge in [-0.05, 0) is 31.2 Å². The second kappa shape index (κ2) is 6.12. The number of carbonyl (C=O) groups is 1. The van der Waals surface area contributed by atoms with Crippen molar-refractivity contribution in [2.75, 3.05) is 18.1 Å². The first-order valence-corrected chi connectivity index (χ1v) is 8.25. The lowest BCUT2D eigenvalue weighted by molar-refractivity contribution is 0.0681. The summed E-state index contributed by atoms with van der Waals surface area (Å²) >= 11 is 7.71. The summed E-state index contributed by atoms with van der Waals surface area (Å²) in [6.07, 6.45) is 1.56. The van der Waals surface area contributed by atoms with Gasteiger partial charge in [-0.15, -0.1) is 0 Å². The minimum Gasteiger partial charge on any atom is -0.464 e. The van der Waals surface area contributed by atoms with Crippen LogP contribution < -0.4 is 0 Å². The molecule has 110 valence electrons. The van der Waals surface area contributed by atoms with Gasteiger partial charge in [0, 0.05) is 29.8 Å². The summed E-state index contributed by atoms with van der Waals surface area (Å²) in [5.41, 5.74) is 0.565. The smallest absolute Gasteiger partial charge is 0.254 e. The quantitative estimate of drug-likeness (QED) is 0.793. The van der Waals surface area contributed by atoms with Crippen molar-refractivity contribution >= 4 is 29.3 Å². The number of hydrogen-bond acceptors (Lipinski definition) is 4. The molecule has 3 rings (SSSR count). The predicted octanol–water partition coefficient (Wildman–Crippen LogP) is 3.57. The third-order valence-corrected chi connectivity index (χ3v) is 4.68. The van der Waals surface area contributed by atoms with Crippen molar-refractivity contribution in [3.05, 3.63) is 52.7 Å². The number of aryl methyl sites for hydroxylation is 1. The average molecular weight is 323 g/mol. The number of thioether (sulfide) groups is 1. The lowest BCUT2D eigenvalue weighted by Gasteiger charge is -2.34. The largest absolute Gasteiger partial charge is 0.464 e. The number of halogens is 1. The van der Waals surface area contributed by atoms with Gasteiger partial charge >= 0.3 is 0 Å². The van der Waals surface area contributed by atoms with Crippen molar-refractivity contribution in [1.29, 1.82) is 0 Å². The van der Waals surface area contributed by atoms with Crippen LogP contribution in [0.15, 0.2) is 34.9 Å². The van der Waals surface area contributed by atoms with Gasteiger partial charge in [0.2, 0.25) is 0 Å². The van der Waals surface area contributed by atoms with Crippen molar-refractivity contribution in [3.63, 3.8) is 0 Å². The average Bonchev–Trinajstić information content (AvgIpc) is 2.93. The van der Waals surface area contributed by atoms with Gasteiger partial charge in [0.05, 0.1) is 6.04 Å².